The molecule has 2 aliphatic rings. The molecule has 2 bridgehead atoms. The molecule has 5 heteroatoms. The molecular formula is C15H18N4O. The van der Waals surface area contributed by atoms with Gasteiger partial charge < -0.3 is 4.74 Å². The quantitative estimate of drug-likeness (QED) is 0.854. The minimum atomic E-state index is 0.0486. The summed E-state index contributed by atoms with van der Waals surface area (Å²) < 4.78 is 8.07. The summed E-state index contributed by atoms with van der Waals surface area (Å²) in [4.78, 5) is 6.47. The van der Waals surface area contributed by atoms with Crippen LogP contribution in [0.3, 0.4) is 0 Å². The Labute approximate surface area is 118 Å². The summed E-state index contributed by atoms with van der Waals surface area (Å²) in [6.45, 7) is 3.49. The molecule has 1 unspecified atom stereocenters. The lowest BCUT2D eigenvalue weighted by Gasteiger charge is -2.34. The minimum absolute atomic E-state index is 0.0486. The van der Waals surface area contributed by atoms with E-state index < -0.39 is 0 Å². The van der Waals surface area contributed by atoms with Gasteiger partial charge in [0, 0.05) is 19.5 Å². The van der Waals surface area contributed by atoms with Gasteiger partial charge in [-0.15, -0.1) is 0 Å². The summed E-state index contributed by atoms with van der Waals surface area (Å²) in [7, 11) is 0. The van der Waals surface area contributed by atoms with Crippen molar-refractivity contribution in [1.29, 1.82) is 0 Å². The molecule has 4 rings (SSSR count). The maximum absolute atomic E-state index is 6.32. The molecule has 1 aromatic carbocycles. The van der Waals surface area contributed by atoms with Crippen LogP contribution in [-0.2, 0) is 0 Å². The first-order chi connectivity index (χ1) is 9.83. The standard InChI is InChI=1S/C15H18N4O/c1-6-15(7-9-18(8-1)10-15)20-14-4-2-13(3-5-14)19-12-16-11-17-19/h2-5,11-12H,1,6-10H2/t15-/m0/s1. The molecule has 2 atom stereocenters. The van der Waals surface area contributed by atoms with Gasteiger partial charge in [0.05, 0.1) is 5.69 Å². The lowest BCUT2D eigenvalue weighted by Crippen LogP contribution is -2.43. The van der Waals surface area contributed by atoms with Crippen LogP contribution in [0.4, 0.5) is 0 Å². The first-order valence-electron chi connectivity index (χ1n) is 7.20. The Morgan fingerprint density at radius 3 is 2.80 bits per heavy atom. The van der Waals surface area contributed by atoms with Crippen molar-refractivity contribution in [1.82, 2.24) is 19.7 Å². The van der Waals surface area contributed by atoms with Gasteiger partial charge >= 0.3 is 0 Å². The maximum Gasteiger partial charge on any atom is 0.138 e. The SMILES string of the molecule is c1ncn(-c2ccc(O[C@@]34CCCN(CC3)C4)cc2)n1. The van der Waals surface area contributed by atoms with Crippen LogP contribution in [-0.4, -0.2) is 44.9 Å². The van der Waals surface area contributed by atoms with E-state index in [0.29, 0.717) is 0 Å². The predicted molar refractivity (Wildman–Crippen MR) is 75.0 cm³/mol. The molecule has 5 nitrogen and oxygen atoms in total. The molecule has 0 spiro atoms. The molecule has 0 aliphatic carbocycles. The Bertz CT molecular complexity index is 576. The smallest absolute Gasteiger partial charge is 0.138 e. The van der Waals surface area contributed by atoms with Gasteiger partial charge in [0.25, 0.3) is 0 Å². The Hall–Kier alpha value is -1.88. The fourth-order valence-electron chi connectivity index (χ4n) is 3.34. The molecule has 104 valence electrons. The van der Waals surface area contributed by atoms with E-state index in [2.05, 4.69) is 15.0 Å². The molecule has 20 heavy (non-hydrogen) atoms. The van der Waals surface area contributed by atoms with Crippen LogP contribution >= 0.6 is 0 Å². The highest BCUT2D eigenvalue weighted by atomic mass is 16.5. The van der Waals surface area contributed by atoms with Gasteiger partial charge in [-0.05, 0) is 43.7 Å². The second-order valence-electron chi connectivity index (χ2n) is 5.75. The molecule has 0 N–H and O–H groups in total. The first kappa shape index (κ1) is 11.9. The highest BCUT2D eigenvalue weighted by molar-refractivity contribution is 5.36. The molecule has 0 radical (unpaired) electrons. The largest absolute Gasteiger partial charge is 0.486 e. The van der Waals surface area contributed by atoms with E-state index in [9.17, 15) is 0 Å². The van der Waals surface area contributed by atoms with Crippen molar-refractivity contribution >= 4 is 0 Å². The van der Waals surface area contributed by atoms with Crippen LogP contribution in [0.2, 0.25) is 0 Å². The summed E-state index contributed by atoms with van der Waals surface area (Å²) in [5.74, 6) is 0.956. The summed E-state index contributed by atoms with van der Waals surface area (Å²) >= 11 is 0. The highest BCUT2D eigenvalue weighted by Crippen LogP contribution is 2.35. The van der Waals surface area contributed by atoms with Gasteiger partial charge in [0.15, 0.2) is 0 Å². The Morgan fingerprint density at radius 1 is 1.10 bits per heavy atom. The average molecular weight is 270 g/mol. The lowest BCUT2D eigenvalue weighted by atomic mass is 9.94. The monoisotopic (exact) mass is 270 g/mol. The summed E-state index contributed by atoms with van der Waals surface area (Å²) in [6.07, 6.45) is 6.81. The third kappa shape index (κ3) is 2.08. The number of ether oxygens (including phenoxy) is 1. The van der Waals surface area contributed by atoms with Gasteiger partial charge in [0.2, 0.25) is 0 Å². The minimum Gasteiger partial charge on any atom is -0.486 e. The zero-order valence-corrected chi connectivity index (χ0v) is 11.4. The molecule has 0 amide bonds. The average Bonchev–Trinajstić information content (AvgIpc) is 3.09. The van der Waals surface area contributed by atoms with E-state index in [1.807, 2.05) is 24.3 Å². The number of benzene rings is 1. The molecule has 1 aromatic heterocycles. The van der Waals surface area contributed by atoms with Gasteiger partial charge in [0.1, 0.15) is 24.0 Å². The van der Waals surface area contributed by atoms with Crippen molar-refractivity contribution in [2.45, 2.75) is 24.9 Å². The van der Waals surface area contributed by atoms with Crippen molar-refractivity contribution in [3.8, 4) is 11.4 Å². The second-order valence-corrected chi connectivity index (χ2v) is 5.75. The van der Waals surface area contributed by atoms with Crippen LogP contribution in [0.5, 0.6) is 5.75 Å². The van der Waals surface area contributed by atoms with Gasteiger partial charge in [-0.3, -0.25) is 4.90 Å². The lowest BCUT2D eigenvalue weighted by molar-refractivity contribution is 0.0453. The molecular weight excluding hydrogens is 252 g/mol. The molecule has 3 heterocycles. The van der Waals surface area contributed by atoms with Crippen LogP contribution in [0.25, 0.3) is 5.69 Å². The van der Waals surface area contributed by atoms with E-state index in [0.717, 1.165) is 24.4 Å². The normalized spacial score (nSPS) is 28.5. The highest BCUT2D eigenvalue weighted by Gasteiger charge is 2.42. The molecule has 0 saturated carbocycles. The Balaban J connectivity index is 1.52. The number of aromatic nitrogens is 3. The van der Waals surface area contributed by atoms with Crippen molar-refractivity contribution in [3.63, 3.8) is 0 Å². The van der Waals surface area contributed by atoms with Crippen molar-refractivity contribution in [2.24, 2.45) is 0 Å². The van der Waals surface area contributed by atoms with E-state index in [1.54, 1.807) is 17.3 Å². The third-order valence-corrected chi connectivity index (χ3v) is 4.36. The number of rotatable bonds is 3. The van der Waals surface area contributed by atoms with E-state index >= 15 is 0 Å². The van der Waals surface area contributed by atoms with Crippen LogP contribution in [0.1, 0.15) is 19.3 Å². The third-order valence-electron chi connectivity index (χ3n) is 4.36. The zero-order valence-electron chi connectivity index (χ0n) is 11.4. The summed E-state index contributed by atoms with van der Waals surface area (Å²) in [5, 5.41) is 4.13. The number of piperidine rings is 1. The molecule has 2 fully saturated rings. The van der Waals surface area contributed by atoms with E-state index in [-0.39, 0.29) is 5.60 Å². The molecule has 2 aromatic rings. The van der Waals surface area contributed by atoms with E-state index in [4.69, 9.17) is 4.74 Å². The van der Waals surface area contributed by atoms with Crippen LogP contribution < -0.4 is 4.74 Å². The topological polar surface area (TPSA) is 43.2 Å². The summed E-state index contributed by atoms with van der Waals surface area (Å²) in [6, 6.07) is 8.11. The zero-order chi connectivity index (χ0) is 13.4. The van der Waals surface area contributed by atoms with Crippen LogP contribution in [0, 0.1) is 0 Å². The number of hydrogen-bond donors (Lipinski definition) is 0. The predicted octanol–water partition coefficient (Wildman–Crippen LogP) is 1.88. The second kappa shape index (κ2) is 4.59. The Morgan fingerprint density at radius 2 is 2.00 bits per heavy atom. The van der Waals surface area contributed by atoms with Gasteiger partial charge in [-0.1, -0.05) is 0 Å². The number of nitrogens with zero attached hydrogens (tertiary/aromatic N) is 4. The van der Waals surface area contributed by atoms with Gasteiger partial charge in [-0.2, -0.15) is 5.10 Å². The number of fused-ring (bicyclic) bond motifs is 2. The van der Waals surface area contributed by atoms with Crippen LogP contribution in [0.15, 0.2) is 36.9 Å². The fourth-order valence-corrected chi connectivity index (χ4v) is 3.34. The molecule has 2 saturated heterocycles. The first-order valence-corrected chi connectivity index (χ1v) is 7.20. The van der Waals surface area contributed by atoms with Gasteiger partial charge in [-0.25, -0.2) is 9.67 Å². The van der Waals surface area contributed by atoms with Crippen molar-refractivity contribution < 1.29 is 4.74 Å². The fraction of sp³-hybridized carbons (Fsp3) is 0.467. The van der Waals surface area contributed by atoms with Crippen molar-refractivity contribution in [2.75, 3.05) is 19.6 Å². The Kier molecular flexibility index (Phi) is 2.73. The van der Waals surface area contributed by atoms with Crippen molar-refractivity contribution in [3.05, 3.63) is 36.9 Å². The maximum atomic E-state index is 6.32. The number of hydrogen-bond acceptors (Lipinski definition) is 4. The van der Waals surface area contributed by atoms with E-state index in [1.165, 1.54) is 25.9 Å². The molecule has 2 aliphatic heterocycles. The summed E-state index contributed by atoms with van der Waals surface area (Å²) in [5.41, 5.74) is 1.05.